The predicted molar refractivity (Wildman–Crippen MR) is 68.7 cm³/mol. The van der Waals surface area contributed by atoms with Crippen LogP contribution in [0.3, 0.4) is 0 Å². The maximum atomic E-state index is 11.6. The Morgan fingerprint density at radius 3 is 2.82 bits per heavy atom. The molecule has 0 aliphatic carbocycles. The van der Waals surface area contributed by atoms with Gasteiger partial charge in [0.05, 0.1) is 11.9 Å². The minimum absolute atomic E-state index is 0.0633. The summed E-state index contributed by atoms with van der Waals surface area (Å²) in [6.07, 6.45) is 8.24. The summed E-state index contributed by atoms with van der Waals surface area (Å²) < 4.78 is 1.79. The second kappa shape index (κ2) is 7.84. The van der Waals surface area contributed by atoms with Crippen LogP contribution in [0.4, 0.5) is 5.69 Å². The highest BCUT2D eigenvalue weighted by atomic mass is 16.1. The van der Waals surface area contributed by atoms with Crippen LogP contribution in [0.2, 0.25) is 0 Å². The first-order valence-electron chi connectivity index (χ1n) is 6.28. The minimum Gasteiger partial charge on any atom is -0.330 e. The molecule has 96 valence electrons. The van der Waals surface area contributed by atoms with Crippen molar-refractivity contribution in [3.8, 4) is 0 Å². The van der Waals surface area contributed by atoms with E-state index in [2.05, 4.69) is 10.4 Å². The molecule has 0 unspecified atom stereocenters. The molecule has 0 fully saturated rings. The van der Waals surface area contributed by atoms with Gasteiger partial charge in [0.15, 0.2) is 0 Å². The molecule has 0 radical (unpaired) electrons. The van der Waals surface area contributed by atoms with Crippen LogP contribution in [0.25, 0.3) is 0 Å². The number of hydrogen-bond acceptors (Lipinski definition) is 3. The van der Waals surface area contributed by atoms with Gasteiger partial charge < -0.3 is 11.1 Å². The lowest BCUT2D eigenvalue weighted by Gasteiger charge is -2.02. The number of rotatable bonds is 8. The van der Waals surface area contributed by atoms with Crippen LogP contribution >= 0.6 is 0 Å². The van der Waals surface area contributed by atoms with Gasteiger partial charge in [0.1, 0.15) is 0 Å². The maximum Gasteiger partial charge on any atom is 0.224 e. The largest absolute Gasteiger partial charge is 0.330 e. The molecule has 0 bridgehead atoms. The van der Waals surface area contributed by atoms with Crippen molar-refractivity contribution in [1.82, 2.24) is 9.78 Å². The van der Waals surface area contributed by atoms with Crippen LogP contribution in [0.5, 0.6) is 0 Å². The van der Waals surface area contributed by atoms with E-state index in [9.17, 15) is 4.79 Å². The highest BCUT2D eigenvalue weighted by Gasteiger charge is 2.03. The smallest absolute Gasteiger partial charge is 0.224 e. The molecule has 0 saturated carbocycles. The second-order valence-electron chi connectivity index (χ2n) is 4.09. The molecule has 0 aromatic carbocycles. The Kier molecular flexibility index (Phi) is 6.32. The third-order valence-electron chi connectivity index (χ3n) is 2.60. The number of amides is 1. The van der Waals surface area contributed by atoms with Crippen molar-refractivity contribution in [1.29, 1.82) is 0 Å². The van der Waals surface area contributed by atoms with Gasteiger partial charge in [-0.15, -0.1) is 0 Å². The van der Waals surface area contributed by atoms with Gasteiger partial charge in [0, 0.05) is 19.2 Å². The Bertz CT molecular complexity index is 335. The maximum absolute atomic E-state index is 11.6. The molecule has 1 aromatic heterocycles. The van der Waals surface area contributed by atoms with Crippen molar-refractivity contribution in [2.75, 3.05) is 11.9 Å². The monoisotopic (exact) mass is 238 g/mol. The average Bonchev–Trinajstić information content (AvgIpc) is 2.76. The average molecular weight is 238 g/mol. The number of unbranched alkanes of at least 4 members (excludes halogenated alkanes) is 3. The number of carbonyl (C=O) groups excluding carboxylic acids is 1. The Hall–Kier alpha value is -1.36. The number of nitrogens with one attached hydrogen (secondary N) is 1. The van der Waals surface area contributed by atoms with Crippen LogP contribution in [0.1, 0.15) is 39.0 Å². The lowest BCUT2D eigenvalue weighted by Crippen LogP contribution is -2.10. The van der Waals surface area contributed by atoms with Gasteiger partial charge in [-0.1, -0.05) is 12.8 Å². The lowest BCUT2D eigenvalue weighted by molar-refractivity contribution is -0.116. The normalized spacial score (nSPS) is 10.5. The first kappa shape index (κ1) is 13.7. The summed E-state index contributed by atoms with van der Waals surface area (Å²) in [5, 5.41) is 6.94. The summed E-state index contributed by atoms with van der Waals surface area (Å²) in [7, 11) is 0. The molecule has 1 aromatic rings. The molecule has 0 aliphatic rings. The van der Waals surface area contributed by atoms with Crippen LogP contribution in [-0.2, 0) is 11.3 Å². The van der Waals surface area contributed by atoms with Crippen LogP contribution in [-0.4, -0.2) is 22.2 Å². The summed E-state index contributed by atoms with van der Waals surface area (Å²) in [6, 6.07) is 0. The Morgan fingerprint density at radius 2 is 2.18 bits per heavy atom. The fourth-order valence-corrected chi connectivity index (χ4v) is 1.61. The van der Waals surface area contributed by atoms with Gasteiger partial charge in [-0.25, -0.2) is 0 Å². The Labute approximate surface area is 102 Å². The Balaban J connectivity index is 2.16. The van der Waals surface area contributed by atoms with Gasteiger partial charge in [0.25, 0.3) is 0 Å². The van der Waals surface area contributed by atoms with E-state index in [1.54, 1.807) is 10.9 Å². The van der Waals surface area contributed by atoms with Crippen molar-refractivity contribution in [3.05, 3.63) is 12.4 Å². The number of carbonyl (C=O) groups is 1. The number of aryl methyl sites for hydroxylation is 1. The van der Waals surface area contributed by atoms with E-state index in [1.165, 1.54) is 0 Å². The molecule has 0 atom stereocenters. The van der Waals surface area contributed by atoms with E-state index in [-0.39, 0.29) is 5.91 Å². The number of anilines is 1. The molecular weight excluding hydrogens is 216 g/mol. The number of nitrogens with zero attached hydrogens (tertiary/aromatic N) is 2. The van der Waals surface area contributed by atoms with Crippen LogP contribution < -0.4 is 11.1 Å². The molecule has 0 saturated heterocycles. The van der Waals surface area contributed by atoms with E-state index >= 15 is 0 Å². The highest BCUT2D eigenvalue weighted by molar-refractivity contribution is 5.90. The number of nitrogens with two attached hydrogens (primary N) is 1. The van der Waals surface area contributed by atoms with E-state index < -0.39 is 0 Å². The summed E-state index contributed by atoms with van der Waals surface area (Å²) in [5.74, 6) is 0.0633. The van der Waals surface area contributed by atoms with E-state index in [0.717, 1.165) is 44.5 Å². The fraction of sp³-hybridized carbons (Fsp3) is 0.667. The summed E-state index contributed by atoms with van der Waals surface area (Å²) in [6.45, 7) is 3.56. The zero-order chi connectivity index (χ0) is 12.5. The van der Waals surface area contributed by atoms with Gasteiger partial charge in [-0.3, -0.25) is 9.48 Å². The lowest BCUT2D eigenvalue weighted by atomic mass is 10.1. The molecule has 3 N–H and O–H groups in total. The zero-order valence-corrected chi connectivity index (χ0v) is 10.5. The molecule has 5 nitrogen and oxygen atoms in total. The van der Waals surface area contributed by atoms with E-state index in [4.69, 9.17) is 5.73 Å². The third kappa shape index (κ3) is 5.49. The van der Waals surface area contributed by atoms with Crippen molar-refractivity contribution in [3.63, 3.8) is 0 Å². The van der Waals surface area contributed by atoms with Crippen molar-refractivity contribution >= 4 is 11.6 Å². The van der Waals surface area contributed by atoms with Gasteiger partial charge in [0.2, 0.25) is 5.91 Å². The first-order valence-corrected chi connectivity index (χ1v) is 6.28. The fourth-order valence-electron chi connectivity index (χ4n) is 1.61. The van der Waals surface area contributed by atoms with Crippen molar-refractivity contribution in [2.24, 2.45) is 5.73 Å². The van der Waals surface area contributed by atoms with Gasteiger partial charge in [-0.05, 0) is 26.3 Å². The molecule has 1 amide bonds. The van der Waals surface area contributed by atoms with Crippen LogP contribution in [0, 0.1) is 0 Å². The summed E-state index contributed by atoms with van der Waals surface area (Å²) in [5.41, 5.74) is 6.18. The van der Waals surface area contributed by atoms with Gasteiger partial charge in [-0.2, -0.15) is 5.10 Å². The predicted octanol–water partition coefficient (Wildman–Crippen LogP) is 1.75. The molecule has 0 spiro atoms. The number of aromatic nitrogens is 2. The minimum atomic E-state index is 0.0633. The molecule has 5 heteroatoms. The molecular formula is C12H22N4O. The third-order valence-corrected chi connectivity index (χ3v) is 2.60. The molecule has 17 heavy (non-hydrogen) atoms. The highest BCUT2D eigenvalue weighted by Crippen LogP contribution is 2.07. The quantitative estimate of drug-likeness (QED) is 0.678. The van der Waals surface area contributed by atoms with Gasteiger partial charge >= 0.3 is 0 Å². The zero-order valence-electron chi connectivity index (χ0n) is 10.5. The first-order chi connectivity index (χ1) is 8.26. The van der Waals surface area contributed by atoms with Crippen molar-refractivity contribution < 1.29 is 4.79 Å². The SMILES string of the molecule is CCn1cc(NC(=O)CCCCCCN)cn1. The summed E-state index contributed by atoms with van der Waals surface area (Å²) >= 11 is 0. The molecule has 1 rings (SSSR count). The number of hydrogen-bond donors (Lipinski definition) is 2. The standard InChI is InChI=1S/C12H22N4O/c1-2-16-10-11(9-14-16)15-12(17)7-5-3-4-6-8-13/h9-10H,2-8,13H2,1H3,(H,15,17). The topological polar surface area (TPSA) is 72.9 Å². The molecule has 0 aliphatic heterocycles. The molecule has 1 heterocycles. The Morgan fingerprint density at radius 1 is 1.41 bits per heavy atom. The van der Waals surface area contributed by atoms with Crippen LogP contribution in [0.15, 0.2) is 12.4 Å². The van der Waals surface area contributed by atoms with E-state index in [1.807, 2.05) is 13.1 Å². The summed E-state index contributed by atoms with van der Waals surface area (Å²) in [4.78, 5) is 11.6. The van der Waals surface area contributed by atoms with E-state index in [0.29, 0.717) is 6.42 Å². The van der Waals surface area contributed by atoms with Crippen molar-refractivity contribution in [2.45, 2.75) is 45.6 Å². The second-order valence-corrected chi connectivity index (χ2v) is 4.09.